The Bertz CT molecular complexity index is 1040. The van der Waals surface area contributed by atoms with Crippen molar-refractivity contribution in [1.82, 2.24) is 4.31 Å². The van der Waals surface area contributed by atoms with Gasteiger partial charge < -0.3 is 4.74 Å². The molecule has 1 aliphatic heterocycles. The zero-order valence-corrected chi connectivity index (χ0v) is 16.0. The number of ketones is 1. The number of carbonyl (C=O) groups excluding carboxylic acids is 2. The molecule has 140 valence electrons. The maximum atomic E-state index is 13.1. The molecule has 0 bridgehead atoms. The first kappa shape index (κ1) is 18.8. The fraction of sp³-hybridized carbons (Fsp3) is 0.200. The van der Waals surface area contributed by atoms with Gasteiger partial charge in [-0.25, -0.2) is 8.42 Å². The Hall–Kier alpha value is -2.93. The van der Waals surface area contributed by atoms with E-state index >= 15 is 0 Å². The number of rotatable bonds is 4. The van der Waals surface area contributed by atoms with Crippen molar-refractivity contribution in [1.29, 1.82) is 0 Å². The van der Waals surface area contributed by atoms with Crippen molar-refractivity contribution in [2.24, 2.45) is 5.92 Å². The molecule has 0 aromatic heterocycles. The molecule has 0 unspecified atom stereocenters. The van der Waals surface area contributed by atoms with Crippen LogP contribution in [0.1, 0.15) is 29.8 Å². The monoisotopic (exact) mass is 385 g/mol. The van der Waals surface area contributed by atoms with Crippen molar-refractivity contribution in [3.8, 4) is 0 Å². The van der Waals surface area contributed by atoms with E-state index in [4.69, 9.17) is 4.74 Å². The minimum atomic E-state index is -3.95. The van der Waals surface area contributed by atoms with Gasteiger partial charge in [0.15, 0.2) is 5.76 Å². The maximum absolute atomic E-state index is 13.1. The van der Waals surface area contributed by atoms with Crippen LogP contribution in [0, 0.1) is 5.92 Å². The van der Waals surface area contributed by atoms with Gasteiger partial charge in [-0.15, -0.1) is 0 Å². The van der Waals surface area contributed by atoms with E-state index in [0.717, 1.165) is 4.31 Å². The largest absolute Gasteiger partial charge is 0.423 e. The summed E-state index contributed by atoms with van der Waals surface area (Å²) in [6.45, 7) is 3.33. The van der Waals surface area contributed by atoms with Crippen molar-refractivity contribution in [3.63, 3.8) is 0 Å². The van der Waals surface area contributed by atoms with E-state index < -0.39 is 27.7 Å². The highest BCUT2D eigenvalue weighted by Crippen LogP contribution is 2.38. The lowest BCUT2D eigenvalue weighted by molar-refractivity contribution is -0.140. The second-order valence-corrected chi connectivity index (χ2v) is 8.36. The first-order chi connectivity index (χ1) is 12.7. The van der Waals surface area contributed by atoms with Crippen LogP contribution in [0.25, 0.3) is 5.76 Å². The Labute approximate surface area is 158 Å². The number of hydrogen-bond acceptors (Lipinski definition) is 5. The van der Waals surface area contributed by atoms with Gasteiger partial charge in [0, 0.05) is 18.2 Å². The number of sulfonamides is 1. The number of esters is 1. The fourth-order valence-corrected chi connectivity index (χ4v) is 4.10. The number of carbonyl (C=O) groups is 2. The van der Waals surface area contributed by atoms with Crippen molar-refractivity contribution in [2.75, 3.05) is 7.05 Å². The lowest BCUT2D eigenvalue weighted by atomic mass is 10.0. The van der Waals surface area contributed by atoms with Crippen LogP contribution in [0.5, 0.6) is 0 Å². The van der Waals surface area contributed by atoms with E-state index in [-0.39, 0.29) is 21.9 Å². The van der Waals surface area contributed by atoms with Crippen LogP contribution in [0.3, 0.4) is 0 Å². The SMILES string of the molecule is CC(C)C(=O)OC1=C(C(=O)c2ccccc2)N(C)S(=O)(=O)c2ccccc21. The highest BCUT2D eigenvalue weighted by atomic mass is 32.2. The van der Waals surface area contributed by atoms with Gasteiger partial charge in [0.05, 0.1) is 10.8 Å². The van der Waals surface area contributed by atoms with Crippen LogP contribution in [-0.4, -0.2) is 31.5 Å². The Morgan fingerprint density at radius 1 is 0.963 bits per heavy atom. The Morgan fingerprint density at radius 2 is 1.56 bits per heavy atom. The summed E-state index contributed by atoms with van der Waals surface area (Å²) in [5.74, 6) is -1.58. The summed E-state index contributed by atoms with van der Waals surface area (Å²) in [5, 5.41) is 0. The summed E-state index contributed by atoms with van der Waals surface area (Å²) in [6.07, 6.45) is 0. The zero-order valence-electron chi connectivity index (χ0n) is 15.2. The molecule has 0 atom stereocenters. The normalized spacial score (nSPS) is 15.5. The van der Waals surface area contributed by atoms with Gasteiger partial charge >= 0.3 is 5.97 Å². The Kier molecular flexibility index (Phi) is 4.89. The standard InChI is InChI=1S/C20H19NO5S/c1-13(2)20(23)26-19-15-11-7-8-12-16(15)27(24,25)21(3)17(19)18(22)14-9-5-4-6-10-14/h4-13H,1-3H3. The summed E-state index contributed by atoms with van der Waals surface area (Å²) in [5.41, 5.74) is 0.310. The summed E-state index contributed by atoms with van der Waals surface area (Å²) in [7, 11) is -2.67. The van der Waals surface area contributed by atoms with Gasteiger partial charge in [-0.1, -0.05) is 56.3 Å². The Balaban J connectivity index is 2.29. The number of nitrogens with zero attached hydrogens (tertiary/aromatic N) is 1. The van der Waals surface area contributed by atoms with Crippen LogP contribution in [-0.2, 0) is 19.6 Å². The number of benzene rings is 2. The number of allylic oxidation sites excluding steroid dienone is 1. The highest BCUT2D eigenvalue weighted by Gasteiger charge is 2.39. The van der Waals surface area contributed by atoms with Gasteiger partial charge in [-0.05, 0) is 12.1 Å². The van der Waals surface area contributed by atoms with Crippen LogP contribution < -0.4 is 0 Å². The zero-order chi connectivity index (χ0) is 19.8. The van der Waals surface area contributed by atoms with E-state index in [1.807, 2.05) is 0 Å². The molecule has 1 aliphatic rings. The second kappa shape index (κ2) is 7.00. The smallest absolute Gasteiger partial charge is 0.313 e. The number of fused-ring (bicyclic) bond motifs is 1. The second-order valence-electron chi connectivity index (χ2n) is 6.42. The average molecular weight is 385 g/mol. The molecular formula is C20H19NO5S. The molecule has 0 aliphatic carbocycles. The minimum Gasteiger partial charge on any atom is -0.423 e. The van der Waals surface area contributed by atoms with E-state index in [2.05, 4.69) is 0 Å². The molecule has 0 radical (unpaired) electrons. The molecule has 0 saturated carbocycles. The van der Waals surface area contributed by atoms with Crippen molar-refractivity contribution in [3.05, 3.63) is 71.4 Å². The lowest BCUT2D eigenvalue weighted by Crippen LogP contribution is -2.36. The van der Waals surface area contributed by atoms with Crippen molar-refractivity contribution >= 4 is 27.5 Å². The highest BCUT2D eigenvalue weighted by molar-refractivity contribution is 7.89. The number of likely N-dealkylation sites (N-methyl/N-ethyl adjacent to an activating group) is 1. The Morgan fingerprint density at radius 3 is 2.19 bits per heavy atom. The molecule has 3 rings (SSSR count). The fourth-order valence-electron chi connectivity index (χ4n) is 2.71. The van der Waals surface area contributed by atoms with Gasteiger partial charge in [0.2, 0.25) is 5.78 Å². The van der Waals surface area contributed by atoms with E-state index in [0.29, 0.717) is 5.56 Å². The van der Waals surface area contributed by atoms with Gasteiger partial charge in [-0.2, -0.15) is 0 Å². The first-order valence-corrected chi connectivity index (χ1v) is 9.83. The summed E-state index contributed by atoms with van der Waals surface area (Å²) >= 11 is 0. The van der Waals surface area contributed by atoms with Crippen molar-refractivity contribution < 1.29 is 22.7 Å². The molecule has 0 N–H and O–H groups in total. The predicted molar refractivity (Wildman–Crippen MR) is 100 cm³/mol. The molecule has 2 aromatic rings. The van der Waals surface area contributed by atoms with E-state index in [1.165, 1.54) is 19.2 Å². The lowest BCUT2D eigenvalue weighted by Gasteiger charge is -2.30. The molecule has 0 fully saturated rings. The van der Waals surface area contributed by atoms with Gasteiger partial charge in [0.1, 0.15) is 5.70 Å². The number of Topliss-reactive ketones (excluding diaryl/α,β-unsaturated/α-hetero) is 1. The molecule has 2 aromatic carbocycles. The van der Waals surface area contributed by atoms with E-state index in [9.17, 15) is 18.0 Å². The molecule has 0 spiro atoms. The third kappa shape index (κ3) is 3.26. The van der Waals surface area contributed by atoms with Crippen molar-refractivity contribution in [2.45, 2.75) is 18.7 Å². The molecule has 27 heavy (non-hydrogen) atoms. The third-order valence-electron chi connectivity index (χ3n) is 4.23. The average Bonchev–Trinajstić information content (AvgIpc) is 2.66. The summed E-state index contributed by atoms with van der Waals surface area (Å²) in [6, 6.07) is 14.4. The first-order valence-electron chi connectivity index (χ1n) is 8.39. The summed E-state index contributed by atoms with van der Waals surface area (Å²) < 4.78 is 32.2. The molecule has 1 heterocycles. The molecular weight excluding hydrogens is 366 g/mol. The van der Waals surface area contributed by atoms with Crippen LogP contribution in [0.2, 0.25) is 0 Å². The van der Waals surface area contributed by atoms with Crippen LogP contribution in [0.4, 0.5) is 0 Å². The van der Waals surface area contributed by atoms with Gasteiger partial charge in [0.25, 0.3) is 10.0 Å². The minimum absolute atomic E-state index is 0.0105. The van der Waals surface area contributed by atoms with Gasteiger partial charge in [-0.3, -0.25) is 13.9 Å². The number of ether oxygens (including phenoxy) is 1. The van der Waals surface area contributed by atoms with Crippen LogP contribution >= 0.6 is 0 Å². The number of hydrogen-bond donors (Lipinski definition) is 0. The quantitative estimate of drug-likeness (QED) is 0.597. The van der Waals surface area contributed by atoms with E-state index in [1.54, 1.807) is 56.3 Å². The topological polar surface area (TPSA) is 80.8 Å². The molecule has 6 nitrogen and oxygen atoms in total. The molecule has 0 amide bonds. The maximum Gasteiger partial charge on any atom is 0.313 e. The summed E-state index contributed by atoms with van der Waals surface area (Å²) in [4.78, 5) is 25.4. The predicted octanol–water partition coefficient (Wildman–Crippen LogP) is 3.07. The third-order valence-corrected chi connectivity index (χ3v) is 6.04. The molecule has 7 heteroatoms. The molecule has 0 saturated heterocycles. The van der Waals surface area contributed by atoms with Crippen LogP contribution in [0.15, 0.2) is 65.2 Å².